The fourth-order valence-corrected chi connectivity index (χ4v) is 1.98. The first-order valence-corrected chi connectivity index (χ1v) is 6.07. The summed E-state index contributed by atoms with van der Waals surface area (Å²) in [5.41, 5.74) is 0.383. The number of alkyl halides is 1. The van der Waals surface area contributed by atoms with Crippen LogP contribution in [-0.2, 0) is 0 Å². The number of phenols is 1. The predicted octanol–water partition coefficient (Wildman–Crippen LogP) is 3.75. The van der Waals surface area contributed by atoms with Crippen LogP contribution in [0.4, 0.5) is 0 Å². The molecule has 2 rings (SSSR count). The molecular formula is C14H13ClO2. The molecule has 0 aliphatic carbocycles. The molecule has 2 aromatic carbocycles. The minimum Gasteiger partial charge on any atom is -0.507 e. The Morgan fingerprint density at radius 1 is 1.18 bits per heavy atom. The molecule has 0 spiro atoms. The fraction of sp³-hybridized carbons (Fsp3) is 0.214. The number of benzene rings is 2. The quantitative estimate of drug-likeness (QED) is 0.661. The van der Waals surface area contributed by atoms with Crippen molar-refractivity contribution in [2.24, 2.45) is 0 Å². The molecule has 0 fully saturated rings. The van der Waals surface area contributed by atoms with Gasteiger partial charge in [0.2, 0.25) is 0 Å². The standard InChI is InChI=1S/C14H13ClO2/c15-9-3-6-13(16)12-8-7-10-4-1-2-5-11(10)14(12)17/h1-2,4-5,7-8,17H,3,6,9H2. The summed E-state index contributed by atoms with van der Waals surface area (Å²) >= 11 is 5.55. The molecule has 0 saturated heterocycles. The van der Waals surface area contributed by atoms with Crippen molar-refractivity contribution in [2.75, 3.05) is 5.88 Å². The highest BCUT2D eigenvalue weighted by Gasteiger charge is 2.12. The maximum absolute atomic E-state index is 11.8. The van der Waals surface area contributed by atoms with Crippen molar-refractivity contribution in [3.63, 3.8) is 0 Å². The van der Waals surface area contributed by atoms with Gasteiger partial charge in [-0.3, -0.25) is 4.79 Å². The van der Waals surface area contributed by atoms with Gasteiger partial charge in [0, 0.05) is 17.7 Å². The zero-order valence-corrected chi connectivity index (χ0v) is 10.1. The predicted molar refractivity (Wildman–Crippen MR) is 69.9 cm³/mol. The number of hydrogen-bond donors (Lipinski definition) is 1. The summed E-state index contributed by atoms with van der Waals surface area (Å²) in [4.78, 5) is 11.8. The van der Waals surface area contributed by atoms with Crippen molar-refractivity contribution >= 4 is 28.2 Å². The van der Waals surface area contributed by atoms with Crippen molar-refractivity contribution in [2.45, 2.75) is 12.8 Å². The van der Waals surface area contributed by atoms with Gasteiger partial charge < -0.3 is 5.11 Å². The van der Waals surface area contributed by atoms with Crippen molar-refractivity contribution < 1.29 is 9.90 Å². The van der Waals surface area contributed by atoms with E-state index in [1.807, 2.05) is 30.3 Å². The Balaban J connectivity index is 2.42. The molecule has 0 heterocycles. The van der Waals surface area contributed by atoms with E-state index in [1.165, 1.54) is 0 Å². The van der Waals surface area contributed by atoms with Gasteiger partial charge in [0.15, 0.2) is 5.78 Å². The molecule has 0 radical (unpaired) electrons. The molecule has 0 saturated carbocycles. The lowest BCUT2D eigenvalue weighted by Gasteiger charge is -2.06. The number of aromatic hydroxyl groups is 1. The molecule has 3 heteroatoms. The van der Waals surface area contributed by atoms with Gasteiger partial charge in [0.05, 0.1) is 5.56 Å². The molecule has 88 valence electrons. The lowest BCUT2D eigenvalue weighted by atomic mass is 10.0. The summed E-state index contributed by atoms with van der Waals surface area (Å²) < 4.78 is 0. The van der Waals surface area contributed by atoms with Gasteiger partial charge in [-0.2, -0.15) is 0 Å². The van der Waals surface area contributed by atoms with Crippen LogP contribution in [0.25, 0.3) is 10.8 Å². The third-order valence-corrected chi connectivity index (χ3v) is 3.01. The number of hydrogen-bond acceptors (Lipinski definition) is 2. The Labute approximate surface area is 105 Å². The van der Waals surface area contributed by atoms with Crippen LogP contribution in [0, 0.1) is 0 Å². The average Bonchev–Trinajstić information content (AvgIpc) is 2.37. The topological polar surface area (TPSA) is 37.3 Å². The SMILES string of the molecule is O=C(CCCCl)c1ccc2ccccc2c1O. The van der Waals surface area contributed by atoms with Crippen LogP contribution in [0.3, 0.4) is 0 Å². The van der Waals surface area contributed by atoms with Gasteiger partial charge in [-0.1, -0.05) is 30.3 Å². The van der Waals surface area contributed by atoms with Crippen molar-refractivity contribution in [1.29, 1.82) is 0 Å². The molecule has 0 aliphatic heterocycles. The molecular weight excluding hydrogens is 236 g/mol. The molecule has 0 atom stereocenters. The zero-order valence-electron chi connectivity index (χ0n) is 9.32. The lowest BCUT2D eigenvalue weighted by Crippen LogP contribution is -2.00. The minimum absolute atomic E-state index is 0.0612. The van der Waals surface area contributed by atoms with E-state index in [2.05, 4.69) is 0 Å². The second-order valence-corrected chi connectivity index (χ2v) is 4.28. The number of carbonyl (C=O) groups is 1. The molecule has 17 heavy (non-hydrogen) atoms. The maximum atomic E-state index is 11.8. The number of phenolic OH excluding ortho intramolecular Hbond substituents is 1. The van der Waals surface area contributed by atoms with Crippen LogP contribution in [0.5, 0.6) is 5.75 Å². The highest BCUT2D eigenvalue weighted by Crippen LogP contribution is 2.29. The largest absolute Gasteiger partial charge is 0.507 e. The van der Waals surface area contributed by atoms with E-state index < -0.39 is 0 Å². The lowest BCUT2D eigenvalue weighted by molar-refractivity contribution is 0.0979. The Kier molecular flexibility index (Phi) is 3.64. The molecule has 2 aromatic rings. The summed E-state index contributed by atoms with van der Waals surface area (Å²) in [6, 6.07) is 11.0. The van der Waals surface area contributed by atoms with Crippen LogP contribution >= 0.6 is 11.6 Å². The summed E-state index contributed by atoms with van der Waals surface area (Å²) in [5, 5.41) is 11.7. The van der Waals surface area contributed by atoms with Crippen LogP contribution in [0.15, 0.2) is 36.4 Å². The molecule has 0 aromatic heterocycles. The second kappa shape index (κ2) is 5.19. The van der Waals surface area contributed by atoms with E-state index in [4.69, 9.17) is 11.6 Å². The Morgan fingerprint density at radius 2 is 1.94 bits per heavy atom. The number of rotatable bonds is 4. The van der Waals surface area contributed by atoms with Crippen LogP contribution in [0.1, 0.15) is 23.2 Å². The monoisotopic (exact) mass is 248 g/mol. The number of Topliss-reactive ketones (excluding diaryl/α,β-unsaturated/α-hetero) is 1. The smallest absolute Gasteiger partial charge is 0.166 e. The average molecular weight is 249 g/mol. The number of ketones is 1. The van der Waals surface area contributed by atoms with Gasteiger partial charge in [0.1, 0.15) is 5.75 Å². The summed E-state index contributed by atoms with van der Waals surface area (Å²) in [6.45, 7) is 0. The Morgan fingerprint density at radius 3 is 2.71 bits per heavy atom. The van der Waals surface area contributed by atoms with Crippen molar-refractivity contribution in [1.82, 2.24) is 0 Å². The molecule has 2 nitrogen and oxygen atoms in total. The van der Waals surface area contributed by atoms with Crippen molar-refractivity contribution in [3.8, 4) is 5.75 Å². The number of halogens is 1. The number of fused-ring (bicyclic) bond motifs is 1. The van der Waals surface area contributed by atoms with Gasteiger partial charge in [-0.15, -0.1) is 11.6 Å². The third kappa shape index (κ3) is 2.42. The van der Waals surface area contributed by atoms with Gasteiger partial charge in [-0.25, -0.2) is 0 Å². The Bertz CT molecular complexity index is 549. The van der Waals surface area contributed by atoms with E-state index in [1.54, 1.807) is 6.07 Å². The van der Waals surface area contributed by atoms with Crippen LogP contribution in [-0.4, -0.2) is 16.8 Å². The molecule has 0 aliphatic rings. The second-order valence-electron chi connectivity index (χ2n) is 3.90. The van der Waals surface area contributed by atoms with E-state index >= 15 is 0 Å². The first kappa shape index (κ1) is 11.9. The summed E-state index contributed by atoms with van der Waals surface area (Å²) in [7, 11) is 0. The Hall–Kier alpha value is -1.54. The van der Waals surface area contributed by atoms with E-state index in [-0.39, 0.29) is 11.5 Å². The number of carbonyl (C=O) groups excluding carboxylic acids is 1. The van der Waals surface area contributed by atoms with E-state index in [9.17, 15) is 9.90 Å². The van der Waals surface area contributed by atoms with Crippen LogP contribution < -0.4 is 0 Å². The van der Waals surface area contributed by atoms with E-state index in [0.717, 1.165) is 5.39 Å². The summed E-state index contributed by atoms with van der Waals surface area (Å²) in [5.74, 6) is 0.469. The highest BCUT2D eigenvalue weighted by molar-refractivity contribution is 6.18. The normalized spacial score (nSPS) is 10.6. The van der Waals surface area contributed by atoms with Gasteiger partial charge in [0.25, 0.3) is 0 Å². The first-order chi connectivity index (χ1) is 8.24. The van der Waals surface area contributed by atoms with E-state index in [0.29, 0.717) is 29.7 Å². The fourth-order valence-electron chi connectivity index (χ4n) is 1.84. The van der Waals surface area contributed by atoms with Crippen molar-refractivity contribution in [3.05, 3.63) is 42.0 Å². The zero-order chi connectivity index (χ0) is 12.3. The third-order valence-electron chi connectivity index (χ3n) is 2.74. The maximum Gasteiger partial charge on any atom is 0.166 e. The van der Waals surface area contributed by atoms with Crippen LogP contribution in [0.2, 0.25) is 0 Å². The highest BCUT2D eigenvalue weighted by atomic mass is 35.5. The summed E-state index contributed by atoms with van der Waals surface area (Å²) in [6.07, 6.45) is 1.00. The first-order valence-electron chi connectivity index (χ1n) is 5.54. The molecule has 0 unspecified atom stereocenters. The molecule has 0 bridgehead atoms. The van der Waals surface area contributed by atoms with Gasteiger partial charge in [-0.05, 0) is 17.9 Å². The molecule has 0 amide bonds. The van der Waals surface area contributed by atoms with Gasteiger partial charge >= 0.3 is 0 Å². The minimum atomic E-state index is -0.0612. The molecule has 1 N–H and O–H groups in total.